The lowest BCUT2D eigenvalue weighted by atomic mass is 10.0. The first-order valence-electron chi connectivity index (χ1n) is 10.6. The molecule has 1 aromatic carbocycles. The summed E-state index contributed by atoms with van der Waals surface area (Å²) in [5.41, 5.74) is 8.89. The van der Waals surface area contributed by atoms with Crippen molar-refractivity contribution in [3.63, 3.8) is 0 Å². The van der Waals surface area contributed by atoms with E-state index in [1.54, 1.807) is 29.2 Å². The van der Waals surface area contributed by atoms with Gasteiger partial charge in [0.25, 0.3) is 5.91 Å². The van der Waals surface area contributed by atoms with Crippen LogP contribution in [0.15, 0.2) is 48.9 Å². The topological polar surface area (TPSA) is 115 Å². The van der Waals surface area contributed by atoms with Crippen LogP contribution in [0.2, 0.25) is 0 Å². The zero-order valence-electron chi connectivity index (χ0n) is 19.1. The summed E-state index contributed by atoms with van der Waals surface area (Å²) in [6.07, 6.45) is 15.6. The summed E-state index contributed by atoms with van der Waals surface area (Å²) in [6.45, 7) is 5.65. The van der Waals surface area contributed by atoms with Crippen LogP contribution in [0.1, 0.15) is 45.9 Å². The summed E-state index contributed by atoms with van der Waals surface area (Å²) in [6, 6.07) is 8.92. The second-order valence-electron chi connectivity index (χ2n) is 7.48. The molecule has 8 nitrogen and oxygen atoms in total. The number of aromatic nitrogens is 3. The van der Waals surface area contributed by atoms with Crippen LogP contribution in [0.25, 0.3) is 5.82 Å². The maximum Gasteiger partial charge on any atom is 0.253 e. The van der Waals surface area contributed by atoms with E-state index in [0.717, 1.165) is 29.9 Å². The Hall–Kier alpha value is -3.67. The third-order valence-electron chi connectivity index (χ3n) is 4.92. The highest BCUT2D eigenvalue weighted by atomic mass is 16.5. The van der Waals surface area contributed by atoms with Crippen molar-refractivity contribution in [2.24, 2.45) is 0 Å². The largest absolute Gasteiger partial charge is 0.394 e. The Morgan fingerprint density at radius 1 is 1.27 bits per heavy atom. The molecule has 174 valence electrons. The molecule has 3 aromatic rings. The highest BCUT2D eigenvalue weighted by Crippen LogP contribution is 2.17. The van der Waals surface area contributed by atoms with Crippen LogP contribution in [0, 0.1) is 26.7 Å². The van der Waals surface area contributed by atoms with Crippen LogP contribution in [-0.4, -0.2) is 45.4 Å². The molecule has 0 saturated carbocycles. The molecule has 1 saturated heterocycles. The molecule has 1 fully saturated rings. The predicted octanol–water partition coefficient (Wildman–Crippen LogP) is 2.98. The molecule has 8 heteroatoms. The van der Waals surface area contributed by atoms with Gasteiger partial charge in [-0.15, -0.1) is 12.8 Å². The van der Waals surface area contributed by atoms with E-state index >= 15 is 0 Å². The molecule has 0 bridgehead atoms. The van der Waals surface area contributed by atoms with Gasteiger partial charge in [0.1, 0.15) is 5.82 Å². The monoisotopic (exact) mass is 449 g/mol. The van der Waals surface area contributed by atoms with E-state index in [-0.39, 0.29) is 18.5 Å². The molecule has 1 aliphatic heterocycles. The summed E-state index contributed by atoms with van der Waals surface area (Å²) in [4.78, 5) is 20.7. The number of aryl methyl sites for hydroxylation is 2. The van der Waals surface area contributed by atoms with Gasteiger partial charge in [-0.1, -0.05) is 29.8 Å². The second-order valence-corrected chi connectivity index (χ2v) is 7.48. The zero-order chi connectivity index (χ0) is 24.2. The van der Waals surface area contributed by atoms with Crippen molar-refractivity contribution in [2.75, 3.05) is 25.6 Å². The Balaban J connectivity index is 0.000000477. The number of nitrogens with zero attached hydrogens (tertiary/aromatic N) is 3. The summed E-state index contributed by atoms with van der Waals surface area (Å²) in [5.74, 6) is 0.517. The number of benzene rings is 1. The Kier molecular flexibility index (Phi) is 10.1. The minimum Gasteiger partial charge on any atom is -0.394 e. The quantitative estimate of drug-likeness (QED) is 0.516. The number of nitrogen functional groups attached to an aromatic ring is 1. The Morgan fingerprint density at radius 3 is 2.61 bits per heavy atom. The lowest BCUT2D eigenvalue weighted by Gasteiger charge is -2.17. The predicted molar refractivity (Wildman–Crippen MR) is 129 cm³/mol. The number of aliphatic hydroxyl groups is 1. The van der Waals surface area contributed by atoms with Gasteiger partial charge < -0.3 is 25.5 Å². The second kappa shape index (κ2) is 13.0. The maximum atomic E-state index is 12.6. The van der Waals surface area contributed by atoms with Crippen molar-refractivity contribution in [3.05, 3.63) is 71.2 Å². The first-order chi connectivity index (χ1) is 16.0. The van der Waals surface area contributed by atoms with Gasteiger partial charge in [-0.3, -0.25) is 4.79 Å². The number of anilines is 1. The van der Waals surface area contributed by atoms with Crippen LogP contribution in [0.5, 0.6) is 0 Å². The van der Waals surface area contributed by atoms with Crippen molar-refractivity contribution in [3.8, 4) is 18.7 Å². The molecule has 1 amide bonds. The van der Waals surface area contributed by atoms with Crippen molar-refractivity contribution >= 4 is 11.9 Å². The van der Waals surface area contributed by atoms with Gasteiger partial charge in [0.05, 0.1) is 18.2 Å². The van der Waals surface area contributed by atoms with Crippen LogP contribution in [0.3, 0.4) is 0 Å². The molecule has 3 heterocycles. The average molecular weight is 450 g/mol. The fourth-order valence-corrected chi connectivity index (χ4v) is 3.24. The van der Waals surface area contributed by atoms with E-state index < -0.39 is 6.04 Å². The molecule has 4 rings (SSSR count). The van der Waals surface area contributed by atoms with Crippen LogP contribution in [-0.2, 0) is 4.74 Å². The molecule has 0 aliphatic carbocycles. The molecule has 2 aromatic heterocycles. The average Bonchev–Trinajstić information content (AvgIpc) is 3.56. The third kappa shape index (κ3) is 7.45. The molecule has 0 radical (unpaired) electrons. The summed E-state index contributed by atoms with van der Waals surface area (Å²) >= 11 is 0. The minimum absolute atomic E-state index is 0.171. The third-order valence-corrected chi connectivity index (χ3v) is 4.92. The minimum atomic E-state index is -0.470. The number of hydrogen-bond donors (Lipinski definition) is 3. The molecule has 1 aliphatic rings. The van der Waals surface area contributed by atoms with Crippen LogP contribution >= 0.6 is 0 Å². The van der Waals surface area contributed by atoms with Gasteiger partial charge in [0.2, 0.25) is 5.95 Å². The number of aliphatic hydroxyl groups excluding tert-OH is 1. The first-order valence-corrected chi connectivity index (χ1v) is 10.6. The SMILES string of the molecule is C#C.C1CCOC1.Cc1cccc([C@@H](CO)NC(=O)c2ccn(-c3nc(N)ncc3C)c2)c1. The molecule has 1 atom stereocenters. The summed E-state index contributed by atoms with van der Waals surface area (Å²) < 4.78 is 6.67. The maximum absolute atomic E-state index is 12.6. The van der Waals surface area contributed by atoms with Crippen molar-refractivity contribution in [2.45, 2.75) is 32.7 Å². The van der Waals surface area contributed by atoms with Gasteiger partial charge >= 0.3 is 0 Å². The summed E-state index contributed by atoms with van der Waals surface area (Å²) in [5, 5.41) is 12.5. The highest BCUT2D eigenvalue weighted by molar-refractivity contribution is 5.94. The number of nitrogens with one attached hydrogen (secondary N) is 1. The Bertz CT molecular complexity index is 1050. The number of terminal acetylenes is 1. The summed E-state index contributed by atoms with van der Waals surface area (Å²) in [7, 11) is 0. The zero-order valence-corrected chi connectivity index (χ0v) is 19.1. The Morgan fingerprint density at radius 2 is 2.00 bits per heavy atom. The number of amides is 1. The molecule has 0 spiro atoms. The van der Waals surface area contributed by atoms with Crippen molar-refractivity contribution < 1.29 is 14.6 Å². The molecule has 33 heavy (non-hydrogen) atoms. The number of rotatable bonds is 5. The van der Waals surface area contributed by atoms with Crippen molar-refractivity contribution in [1.29, 1.82) is 0 Å². The van der Waals surface area contributed by atoms with E-state index in [2.05, 4.69) is 28.1 Å². The van der Waals surface area contributed by atoms with Gasteiger partial charge in [-0.25, -0.2) is 4.98 Å². The van der Waals surface area contributed by atoms with Gasteiger partial charge in [0.15, 0.2) is 0 Å². The van der Waals surface area contributed by atoms with Crippen LogP contribution in [0.4, 0.5) is 5.95 Å². The fraction of sp³-hybridized carbons (Fsp3) is 0.320. The lowest BCUT2D eigenvalue weighted by molar-refractivity contribution is 0.0916. The lowest BCUT2D eigenvalue weighted by Crippen LogP contribution is -2.30. The molecule has 4 N–H and O–H groups in total. The normalized spacial score (nSPS) is 13.1. The number of hydrogen-bond acceptors (Lipinski definition) is 6. The standard InChI is InChI=1S/C19H21N5O2.C4H8O.C2H2/c1-12-4-3-5-14(8-12)16(11-25)22-18(26)15-6-7-24(10-15)17-13(2)9-21-19(20)23-17;1-2-4-5-3-1;1-2/h3-10,16,25H,11H2,1-2H3,(H,22,26)(H2,20,21,23);1-4H2;1-2H/t16-;;/m1../s1. The van der Waals surface area contributed by atoms with Crippen molar-refractivity contribution in [1.82, 2.24) is 19.9 Å². The highest BCUT2D eigenvalue weighted by Gasteiger charge is 2.16. The smallest absolute Gasteiger partial charge is 0.253 e. The van der Waals surface area contributed by atoms with Gasteiger partial charge in [-0.05, 0) is 38.3 Å². The number of nitrogens with two attached hydrogens (primary N) is 1. The number of carbonyl (C=O) groups is 1. The fourth-order valence-electron chi connectivity index (χ4n) is 3.24. The molecular formula is C25H31N5O3. The molecule has 0 unspecified atom stereocenters. The van der Waals surface area contributed by atoms with Gasteiger partial charge in [-0.2, -0.15) is 4.98 Å². The Labute approximate surface area is 194 Å². The van der Waals surface area contributed by atoms with E-state index in [9.17, 15) is 9.90 Å². The number of carbonyl (C=O) groups excluding carboxylic acids is 1. The van der Waals surface area contributed by atoms with E-state index in [4.69, 9.17) is 10.5 Å². The van der Waals surface area contributed by atoms with E-state index in [0.29, 0.717) is 11.4 Å². The van der Waals surface area contributed by atoms with Gasteiger partial charge in [0, 0.05) is 37.4 Å². The van der Waals surface area contributed by atoms with E-state index in [1.165, 1.54) is 12.8 Å². The van der Waals surface area contributed by atoms with Crippen LogP contribution < -0.4 is 11.1 Å². The molecular weight excluding hydrogens is 418 g/mol. The van der Waals surface area contributed by atoms with E-state index in [1.807, 2.05) is 38.1 Å². The first kappa shape index (κ1) is 25.6. The number of ether oxygens (including phenoxy) is 1.